The number of hydrogen-bond acceptors (Lipinski definition) is 4. The molecule has 0 unspecified atom stereocenters. The normalized spacial score (nSPS) is 21.3. The summed E-state index contributed by atoms with van der Waals surface area (Å²) in [6.07, 6.45) is 5.04. The molecule has 2 fully saturated rings. The van der Waals surface area contributed by atoms with E-state index in [1.54, 1.807) is 0 Å². The van der Waals surface area contributed by atoms with Crippen molar-refractivity contribution in [1.29, 1.82) is 0 Å². The minimum absolute atomic E-state index is 0.0649. The first-order chi connectivity index (χ1) is 14.1. The highest BCUT2D eigenvalue weighted by molar-refractivity contribution is 5.86. The number of benzene rings is 1. The van der Waals surface area contributed by atoms with Crippen LogP contribution in [0.15, 0.2) is 30.5 Å². The van der Waals surface area contributed by atoms with E-state index in [-0.39, 0.29) is 11.9 Å². The molecular weight excluding hydrogens is 364 g/mol. The minimum Gasteiger partial charge on any atom is -0.377 e. The summed E-state index contributed by atoms with van der Waals surface area (Å²) < 4.78 is 7.89. The third-order valence-electron chi connectivity index (χ3n) is 5.98. The summed E-state index contributed by atoms with van der Waals surface area (Å²) in [6, 6.07) is 8.59. The largest absolute Gasteiger partial charge is 0.377 e. The van der Waals surface area contributed by atoms with E-state index in [0.717, 1.165) is 51.4 Å². The molecule has 3 heterocycles. The zero-order valence-corrected chi connectivity index (χ0v) is 17.8. The van der Waals surface area contributed by atoms with Crippen LogP contribution in [0.2, 0.25) is 0 Å². The van der Waals surface area contributed by atoms with Crippen molar-refractivity contribution in [2.24, 2.45) is 0 Å². The van der Waals surface area contributed by atoms with Gasteiger partial charge in [-0.1, -0.05) is 18.2 Å². The number of carbonyl (C=O) groups excluding carboxylic acids is 1. The number of aromatic nitrogens is 1. The van der Waals surface area contributed by atoms with Crippen molar-refractivity contribution in [1.82, 2.24) is 19.7 Å². The number of fused-ring (bicyclic) bond motifs is 1. The lowest BCUT2D eigenvalue weighted by Gasteiger charge is -2.35. The Hall–Kier alpha value is -1.89. The van der Waals surface area contributed by atoms with Crippen molar-refractivity contribution < 1.29 is 9.53 Å². The summed E-state index contributed by atoms with van der Waals surface area (Å²) in [5.41, 5.74) is 2.45. The average molecular weight is 399 g/mol. The first kappa shape index (κ1) is 20.4. The van der Waals surface area contributed by atoms with Gasteiger partial charge in [0.25, 0.3) is 0 Å². The topological polar surface area (TPSA) is 49.7 Å². The fourth-order valence-electron chi connectivity index (χ4n) is 4.55. The number of rotatable bonds is 7. The molecule has 158 valence electrons. The molecule has 0 saturated carbocycles. The molecule has 0 aliphatic carbocycles. The number of para-hydroxylation sites is 1. The lowest BCUT2D eigenvalue weighted by Crippen LogP contribution is -2.48. The van der Waals surface area contributed by atoms with Crippen molar-refractivity contribution >= 4 is 16.8 Å². The maximum atomic E-state index is 12.3. The van der Waals surface area contributed by atoms with Gasteiger partial charge in [0, 0.05) is 69.0 Å². The van der Waals surface area contributed by atoms with E-state index in [1.807, 2.05) is 19.9 Å². The predicted octanol–water partition coefficient (Wildman–Crippen LogP) is 2.46. The lowest BCUT2D eigenvalue weighted by atomic mass is 10.1. The van der Waals surface area contributed by atoms with E-state index in [2.05, 4.69) is 44.1 Å². The van der Waals surface area contributed by atoms with Crippen molar-refractivity contribution in [2.45, 2.75) is 51.9 Å². The van der Waals surface area contributed by atoms with Crippen LogP contribution in [0.25, 0.3) is 10.9 Å². The first-order valence-electron chi connectivity index (χ1n) is 11.0. The Bertz CT molecular complexity index is 817. The van der Waals surface area contributed by atoms with Gasteiger partial charge in [-0.2, -0.15) is 0 Å². The number of ether oxygens (including phenoxy) is 1. The Morgan fingerprint density at radius 3 is 2.66 bits per heavy atom. The predicted molar refractivity (Wildman–Crippen MR) is 116 cm³/mol. The van der Waals surface area contributed by atoms with E-state index in [9.17, 15) is 4.79 Å². The maximum absolute atomic E-state index is 12.3. The molecule has 1 aromatic carbocycles. The molecule has 4 rings (SSSR count). The van der Waals surface area contributed by atoms with Gasteiger partial charge in [-0.3, -0.25) is 14.6 Å². The number of amides is 1. The van der Waals surface area contributed by atoms with E-state index >= 15 is 0 Å². The molecule has 1 amide bonds. The molecule has 1 N–H and O–H groups in total. The van der Waals surface area contributed by atoms with Crippen molar-refractivity contribution in [3.05, 3.63) is 36.0 Å². The molecule has 2 saturated heterocycles. The lowest BCUT2D eigenvalue weighted by molar-refractivity contribution is -0.122. The van der Waals surface area contributed by atoms with Gasteiger partial charge in [0.1, 0.15) is 6.54 Å². The second-order valence-electron chi connectivity index (χ2n) is 8.73. The van der Waals surface area contributed by atoms with Crippen LogP contribution in [-0.4, -0.2) is 71.8 Å². The van der Waals surface area contributed by atoms with Gasteiger partial charge in [0.05, 0.1) is 6.10 Å². The number of nitrogens with zero attached hydrogens (tertiary/aromatic N) is 3. The zero-order valence-electron chi connectivity index (χ0n) is 17.8. The quantitative estimate of drug-likeness (QED) is 0.778. The molecule has 2 aromatic rings. The van der Waals surface area contributed by atoms with Crippen LogP contribution in [0.4, 0.5) is 0 Å². The molecule has 1 aromatic heterocycles. The number of piperazine rings is 1. The van der Waals surface area contributed by atoms with Crippen molar-refractivity contribution in [3.63, 3.8) is 0 Å². The molecule has 0 spiro atoms. The van der Waals surface area contributed by atoms with Crippen LogP contribution in [0.5, 0.6) is 0 Å². The molecule has 0 radical (unpaired) electrons. The second kappa shape index (κ2) is 9.28. The second-order valence-corrected chi connectivity index (χ2v) is 8.73. The van der Waals surface area contributed by atoms with Gasteiger partial charge in [0.15, 0.2) is 0 Å². The maximum Gasteiger partial charge on any atom is 0.240 e. The first-order valence-corrected chi connectivity index (χ1v) is 11.0. The van der Waals surface area contributed by atoms with Crippen LogP contribution in [0, 0.1) is 0 Å². The number of hydrogen-bond donors (Lipinski definition) is 1. The Balaban J connectivity index is 1.38. The Labute approximate surface area is 173 Å². The smallest absolute Gasteiger partial charge is 0.240 e. The highest BCUT2D eigenvalue weighted by atomic mass is 16.5. The summed E-state index contributed by atoms with van der Waals surface area (Å²) in [5.74, 6) is 0.0649. The van der Waals surface area contributed by atoms with Crippen molar-refractivity contribution in [3.8, 4) is 0 Å². The highest BCUT2D eigenvalue weighted by Crippen LogP contribution is 2.23. The van der Waals surface area contributed by atoms with E-state index in [0.29, 0.717) is 12.6 Å². The number of nitrogens with one attached hydrogen (secondary N) is 1. The van der Waals surface area contributed by atoms with Gasteiger partial charge in [0.2, 0.25) is 5.91 Å². The Kier molecular flexibility index (Phi) is 6.53. The van der Waals surface area contributed by atoms with Gasteiger partial charge in [-0.05, 0) is 38.3 Å². The van der Waals surface area contributed by atoms with Gasteiger partial charge in [-0.25, -0.2) is 0 Å². The van der Waals surface area contributed by atoms with Crippen LogP contribution in [-0.2, 0) is 22.6 Å². The summed E-state index contributed by atoms with van der Waals surface area (Å²) in [6.45, 7) is 11.7. The van der Waals surface area contributed by atoms with Gasteiger partial charge in [-0.15, -0.1) is 0 Å². The van der Waals surface area contributed by atoms with Gasteiger partial charge < -0.3 is 14.6 Å². The highest BCUT2D eigenvalue weighted by Gasteiger charge is 2.23. The van der Waals surface area contributed by atoms with Crippen LogP contribution < -0.4 is 5.32 Å². The molecule has 29 heavy (non-hydrogen) atoms. The summed E-state index contributed by atoms with van der Waals surface area (Å²) >= 11 is 0. The molecule has 6 heteroatoms. The van der Waals surface area contributed by atoms with Crippen LogP contribution in [0.1, 0.15) is 32.3 Å². The Morgan fingerprint density at radius 1 is 1.17 bits per heavy atom. The molecule has 6 nitrogen and oxygen atoms in total. The summed E-state index contributed by atoms with van der Waals surface area (Å²) in [5, 5.41) is 4.25. The summed E-state index contributed by atoms with van der Waals surface area (Å²) in [7, 11) is 0. The average Bonchev–Trinajstić information content (AvgIpc) is 3.32. The molecule has 1 atom stereocenters. The molecule has 2 aliphatic rings. The SMILES string of the molecule is CC(C)NC(=O)Cn1cc(CN2CCN(C[C@@H]3CCCO3)CC2)c2ccccc21. The van der Waals surface area contributed by atoms with E-state index in [1.165, 1.54) is 23.8 Å². The Morgan fingerprint density at radius 2 is 1.93 bits per heavy atom. The van der Waals surface area contributed by atoms with E-state index in [4.69, 9.17) is 4.74 Å². The van der Waals surface area contributed by atoms with Crippen molar-refractivity contribution in [2.75, 3.05) is 39.3 Å². The fraction of sp³-hybridized carbons (Fsp3) is 0.609. The van der Waals surface area contributed by atoms with E-state index < -0.39 is 0 Å². The standard InChI is InChI=1S/C23H34N4O2/c1-18(2)24-23(28)17-27-15-19(21-7-3-4-8-22(21)27)14-25-9-11-26(12-10-25)16-20-6-5-13-29-20/h3-4,7-8,15,18,20H,5-6,9-14,16-17H2,1-2H3,(H,24,28)/t20-/m0/s1. The van der Waals surface area contributed by atoms with Crippen LogP contribution >= 0.6 is 0 Å². The minimum atomic E-state index is 0.0649. The fourth-order valence-corrected chi connectivity index (χ4v) is 4.55. The third-order valence-corrected chi connectivity index (χ3v) is 5.98. The zero-order chi connectivity index (χ0) is 20.2. The van der Waals surface area contributed by atoms with Gasteiger partial charge >= 0.3 is 0 Å². The molecule has 2 aliphatic heterocycles. The summed E-state index contributed by atoms with van der Waals surface area (Å²) in [4.78, 5) is 17.4. The molecule has 0 bridgehead atoms. The van der Waals surface area contributed by atoms with Crippen LogP contribution in [0.3, 0.4) is 0 Å². The number of carbonyl (C=O) groups is 1. The molecular formula is C23H34N4O2. The third kappa shape index (κ3) is 5.18. The monoisotopic (exact) mass is 398 g/mol.